The largest absolute Gasteiger partial charge is 0.459 e. The van der Waals surface area contributed by atoms with Crippen LogP contribution in [0.3, 0.4) is 0 Å². The zero-order chi connectivity index (χ0) is 10.4. The Bertz CT molecular complexity index is 320. The highest BCUT2D eigenvalue weighted by Gasteiger charge is 2.56. The molecule has 2 fully saturated rings. The molecule has 3 nitrogen and oxygen atoms in total. The zero-order valence-corrected chi connectivity index (χ0v) is 8.67. The van der Waals surface area contributed by atoms with Gasteiger partial charge < -0.3 is 4.74 Å². The summed E-state index contributed by atoms with van der Waals surface area (Å²) < 4.78 is 5.36. The van der Waals surface area contributed by atoms with Gasteiger partial charge in [-0.2, -0.15) is 5.26 Å². The minimum absolute atomic E-state index is 0.0845. The molecule has 0 aromatic carbocycles. The number of nitriles is 1. The van der Waals surface area contributed by atoms with Gasteiger partial charge in [-0.3, -0.25) is 4.79 Å². The lowest BCUT2D eigenvalue weighted by atomic mass is 9.61. The SMILES string of the molecule is C[C@@]12CCC[C@@](C)(C#N)[C@@H]1CC(=O)O2. The van der Waals surface area contributed by atoms with Gasteiger partial charge in [0.25, 0.3) is 0 Å². The van der Waals surface area contributed by atoms with Gasteiger partial charge in [0.2, 0.25) is 0 Å². The van der Waals surface area contributed by atoms with E-state index in [-0.39, 0.29) is 22.9 Å². The second-order valence-corrected chi connectivity index (χ2v) is 4.93. The van der Waals surface area contributed by atoms with E-state index in [2.05, 4.69) is 6.07 Å². The van der Waals surface area contributed by atoms with Gasteiger partial charge in [-0.05, 0) is 33.1 Å². The summed E-state index contributed by atoms with van der Waals surface area (Å²) in [5.74, 6) is -0.0536. The highest BCUT2D eigenvalue weighted by atomic mass is 16.6. The Labute approximate surface area is 84.0 Å². The van der Waals surface area contributed by atoms with E-state index in [9.17, 15) is 10.1 Å². The van der Waals surface area contributed by atoms with Crippen LogP contribution >= 0.6 is 0 Å². The van der Waals surface area contributed by atoms with Crippen molar-refractivity contribution in [3.8, 4) is 6.07 Å². The molecule has 3 heteroatoms. The average Bonchev–Trinajstić information content (AvgIpc) is 2.42. The maximum absolute atomic E-state index is 11.3. The number of ether oxygens (including phenoxy) is 1. The first-order valence-corrected chi connectivity index (χ1v) is 5.13. The van der Waals surface area contributed by atoms with Crippen LogP contribution in [-0.4, -0.2) is 11.6 Å². The van der Waals surface area contributed by atoms with E-state index in [0.29, 0.717) is 6.42 Å². The van der Waals surface area contributed by atoms with Crippen LogP contribution in [0.15, 0.2) is 0 Å². The first-order valence-electron chi connectivity index (χ1n) is 5.13. The van der Waals surface area contributed by atoms with E-state index in [4.69, 9.17) is 4.74 Å². The highest BCUT2D eigenvalue weighted by molar-refractivity contribution is 5.73. The summed E-state index contributed by atoms with van der Waals surface area (Å²) in [5.41, 5.74) is -0.751. The molecule has 14 heavy (non-hydrogen) atoms. The van der Waals surface area contributed by atoms with E-state index >= 15 is 0 Å². The standard InChI is InChI=1S/C11H15NO2/c1-10(7-12)4-3-5-11(2)8(10)6-9(13)14-11/h8H,3-6H2,1-2H3/t8-,10-,11+/m0/s1. The smallest absolute Gasteiger partial charge is 0.306 e. The molecular weight excluding hydrogens is 178 g/mol. The molecule has 0 unspecified atom stereocenters. The Balaban J connectivity index is 2.36. The van der Waals surface area contributed by atoms with Crippen molar-refractivity contribution >= 4 is 5.97 Å². The number of nitrogens with zero attached hydrogens (tertiary/aromatic N) is 1. The normalized spacial score (nSPS) is 46.6. The van der Waals surface area contributed by atoms with Crippen LogP contribution < -0.4 is 0 Å². The first kappa shape index (κ1) is 9.51. The molecule has 0 bridgehead atoms. The summed E-state index contributed by atoms with van der Waals surface area (Å²) in [7, 11) is 0. The zero-order valence-electron chi connectivity index (χ0n) is 8.67. The minimum atomic E-state index is -0.376. The van der Waals surface area contributed by atoms with Gasteiger partial charge in [-0.25, -0.2) is 0 Å². The highest BCUT2D eigenvalue weighted by Crippen LogP contribution is 2.52. The number of carbonyl (C=O) groups is 1. The number of esters is 1. The predicted octanol–water partition coefficient (Wildman–Crippen LogP) is 2.02. The van der Waals surface area contributed by atoms with Crippen molar-refractivity contribution in [3.63, 3.8) is 0 Å². The summed E-state index contributed by atoms with van der Waals surface area (Å²) >= 11 is 0. The number of hydrogen-bond donors (Lipinski definition) is 0. The molecule has 0 N–H and O–H groups in total. The number of fused-ring (bicyclic) bond motifs is 1. The van der Waals surface area contributed by atoms with Crippen LogP contribution in [0, 0.1) is 22.7 Å². The van der Waals surface area contributed by atoms with Gasteiger partial charge in [-0.1, -0.05) is 0 Å². The summed E-state index contributed by atoms with van der Waals surface area (Å²) in [6.45, 7) is 3.92. The van der Waals surface area contributed by atoms with Crippen LogP contribution in [0.1, 0.15) is 39.5 Å². The van der Waals surface area contributed by atoms with Gasteiger partial charge in [0.05, 0.1) is 17.9 Å². The van der Waals surface area contributed by atoms with Gasteiger partial charge in [0, 0.05) is 5.92 Å². The Hall–Kier alpha value is -1.04. The van der Waals surface area contributed by atoms with Crippen molar-refractivity contribution in [3.05, 3.63) is 0 Å². The molecule has 3 atom stereocenters. The molecule has 0 spiro atoms. The third-order valence-electron chi connectivity index (χ3n) is 3.85. The molecule has 1 aliphatic carbocycles. The molecule has 0 aromatic heterocycles. The van der Waals surface area contributed by atoms with Crippen LogP contribution in [0.5, 0.6) is 0 Å². The lowest BCUT2D eigenvalue weighted by Gasteiger charge is -2.42. The maximum atomic E-state index is 11.3. The Morgan fingerprint density at radius 1 is 1.50 bits per heavy atom. The van der Waals surface area contributed by atoms with Crippen LogP contribution in [-0.2, 0) is 9.53 Å². The molecule has 1 saturated carbocycles. The van der Waals surface area contributed by atoms with Crippen molar-refractivity contribution in [1.82, 2.24) is 0 Å². The van der Waals surface area contributed by atoms with Crippen molar-refractivity contribution in [1.29, 1.82) is 5.26 Å². The van der Waals surface area contributed by atoms with Crippen LogP contribution in [0.4, 0.5) is 0 Å². The predicted molar refractivity (Wildman–Crippen MR) is 50.2 cm³/mol. The quantitative estimate of drug-likeness (QED) is 0.553. The maximum Gasteiger partial charge on any atom is 0.306 e. The summed E-state index contributed by atoms with van der Waals surface area (Å²) in [5, 5.41) is 9.18. The molecule has 2 rings (SSSR count). The number of rotatable bonds is 0. The molecule has 1 aliphatic heterocycles. The summed E-state index contributed by atoms with van der Waals surface area (Å²) in [6, 6.07) is 2.37. The Morgan fingerprint density at radius 2 is 2.21 bits per heavy atom. The van der Waals surface area contributed by atoms with Crippen LogP contribution in [0.2, 0.25) is 0 Å². The summed E-state index contributed by atoms with van der Waals surface area (Å²) in [6.07, 6.45) is 3.19. The fraction of sp³-hybridized carbons (Fsp3) is 0.818. The molecule has 0 aromatic rings. The van der Waals surface area contributed by atoms with Gasteiger partial charge >= 0.3 is 5.97 Å². The topological polar surface area (TPSA) is 50.1 Å². The molecule has 1 heterocycles. The van der Waals surface area contributed by atoms with E-state index in [1.54, 1.807) is 0 Å². The first-order chi connectivity index (χ1) is 6.50. The minimum Gasteiger partial charge on any atom is -0.459 e. The molecule has 0 radical (unpaired) electrons. The van der Waals surface area contributed by atoms with Gasteiger partial charge in [0.15, 0.2) is 0 Å². The van der Waals surface area contributed by atoms with E-state index in [1.165, 1.54) is 0 Å². The van der Waals surface area contributed by atoms with Gasteiger partial charge in [-0.15, -0.1) is 0 Å². The van der Waals surface area contributed by atoms with Crippen LogP contribution in [0.25, 0.3) is 0 Å². The molecular formula is C11H15NO2. The van der Waals surface area contributed by atoms with Crippen molar-refractivity contribution < 1.29 is 9.53 Å². The second kappa shape index (κ2) is 2.73. The average molecular weight is 193 g/mol. The summed E-state index contributed by atoms with van der Waals surface area (Å²) in [4.78, 5) is 11.3. The van der Waals surface area contributed by atoms with Crippen molar-refractivity contribution in [2.24, 2.45) is 11.3 Å². The number of hydrogen-bond acceptors (Lipinski definition) is 3. The molecule has 1 saturated heterocycles. The monoisotopic (exact) mass is 193 g/mol. The fourth-order valence-corrected chi connectivity index (χ4v) is 2.99. The van der Waals surface area contributed by atoms with E-state index < -0.39 is 0 Å². The van der Waals surface area contributed by atoms with Crippen molar-refractivity contribution in [2.45, 2.75) is 45.1 Å². The number of carbonyl (C=O) groups excluding carboxylic acids is 1. The fourth-order valence-electron chi connectivity index (χ4n) is 2.99. The van der Waals surface area contributed by atoms with E-state index in [0.717, 1.165) is 19.3 Å². The third-order valence-corrected chi connectivity index (χ3v) is 3.85. The molecule has 2 aliphatic rings. The molecule has 76 valence electrons. The third kappa shape index (κ3) is 1.13. The van der Waals surface area contributed by atoms with Gasteiger partial charge in [0.1, 0.15) is 5.60 Å². The van der Waals surface area contributed by atoms with E-state index in [1.807, 2.05) is 13.8 Å². The lowest BCUT2D eigenvalue weighted by molar-refractivity contribution is -0.151. The lowest BCUT2D eigenvalue weighted by Crippen LogP contribution is -2.45. The Kier molecular flexibility index (Phi) is 1.85. The van der Waals surface area contributed by atoms with Crippen molar-refractivity contribution in [2.75, 3.05) is 0 Å². The Morgan fingerprint density at radius 3 is 2.86 bits per heavy atom. The second-order valence-electron chi connectivity index (χ2n) is 4.93. The molecule has 0 amide bonds.